The smallest absolute Gasteiger partial charge is 0.300 e. The molecule has 0 amide bonds. The highest BCUT2D eigenvalue weighted by molar-refractivity contribution is 5.83. The average Bonchev–Trinajstić information content (AvgIpc) is 2.72. The third kappa shape index (κ3) is 5.57. The Bertz CT molecular complexity index is 694. The van der Waals surface area contributed by atoms with Crippen molar-refractivity contribution in [3.63, 3.8) is 0 Å². The molecule has 0 radical (unpaired) electrons. The van der Waals surface area contributed by atoms with Crippen LogP contribution in [-0.4, -0.2) is 36.6 Å². The zero-order chi connectivity index (χ0) is 18.2. The molecular formula is C22H27NO2. The summed E-state index contributed by atoms with van der Waals surface area (Å²) in [5.74, 6) is -0.833. The first-order valence-corrected chi connectivity index (χ1v) is 8.70. The fraction of sp³-hybridized carbons (Fsp3) is 0.318. The predicted molar refractivity (Wildman–Crippen MR) is 104 cm³/mol. The molecule has 0 spiro atoms. The van der Waals surface area contributed by atoms with Crippen molar-refractivity contribution in [1.29, 1.82) is 0 Å². The third-order valence-corrected chi connectivity index (χ3v) is 4.20. The van der Waals surface area contributed by atoms with E-state index in [1.54, 1.807) is 0 Å². The normalized spacial score (nSPS) is 12.4. The number of carboxylic acid groups (broad SMARTS) is 1. The van der Waals surface area contributed by atoms with Crippen molar-refractivity contribution in [1.82, 2.24) is 4.90 Å². The zero-order valence-corrected chi connectivity index (χ0v) is 15.3. The number of carboxylic acids is 1. The van der Waals surface area contributed by atoms with E-state index in [9.17, 15) is 0 Å². The van der Waals surface area contributed by atoms with Crippen molar-refractivity contribution in [3.8, 4) is 0 Å². The Labute approximate surface area is 150 Å². The lowest BCUT2D eigenvalue weighted by Gasteiger charge is -2.13. The summed E-state index contributed by atoms with van der Waals surface area (Å²) < 4.78 is 0. The van der Waals surface area contributed by atoms with Crippen molar-refractivity contribution in [2.24, 2.45) is 0 Å². The number of aliphatic carboxylic acids is 1. The van der Waals surface area contributed by atoms with Crippen LogP contribution in [0.2, 0.25) is 0 Å². The van der Waals surface area contributed by atoms with Gasteiger partial charge in [0.05, 0.1) is 0 Å². The molecule has 1 aliphatic rings. The van der Waals surface area contributed by atoms with Gasteiger partial charge in [-0.15, -0.1) is 0 Å². The van der Waals surface area contributed by atoms with E-state index in [0.29, 0.717) is 0 Å². The second kappa shape index (κ2) is 9.19. The van der Waals surface area contributed by atoms with Crippen LogP contribution in [0.25, 0.3) is 5.57 Å². The van der Waals surface area contributed by atoms with Crippen LogP contribution in [0.1, 0.15) is 35.6 Å². The van der Waals surface area contributed by atoms with Gasteiger partial charge in [0.1, 0.15) is 0 Å². The van der Waals surface area contributed by atoms with Crippen molar-refractivity contribution >= 4 is 11.5 Å². The van der Waals surface area contributed by atoms with Gasteiger partial charge in [0.2, 0.25) is 0 Å². The van der Waals surface area contributed by atoms with E-state index >= 15 is 0 Å². The van der Waals surface area contributed by atoms with E-state index in [2.05, 4.69) is 73.6 Å². The molecule has 0 fully saturated rings. The molecule has 0 bridgehead atoms. The van der Waals surface area contributed by atoms with Crippen LogP contribution in [0.5, 0.6) is 0 Å². The highest BCUT2D eigenvalue weighted by Crippen LogP contribution is 2.33. The van der Waals surface area contributed by atoms with Crippen LogP contribution in [0.3, 0.4) is 0 Å². The monoisotopic (exact) mass is 337 g/mol. The number of hydrogen-bond donors (Lipinski definition) is 1. The molecule has 0 atom stereocenters. The van der Waals surface area contributed by atoms with Gasteiger partial charge in [0.15, 0.2) is 0 Å². The quantitative estimate of drug-likeness (QED) is 0.910. The molecule has 3 rings (SSSR count). The van der Waals surface area contributed by atoms with Gasteiger partial charge in [0.25, 0.3) is 5.97 Å². The van der Waals surface area contributed by atoms with E-state index in [-0.39, 0.29) is 0 Å². The summed E-state index contributed by atoms with van der Waals surface area (Å²) in [5, 5.41) is 7.42. The van der Waals surface area contributed by atoms with Gasteiger partial charge in [-0.1, -0.05) is 54.6 Å². The SMILES string of the molecule is CC(=O)O.CN(C)CCC=C1c2ccccc2CCc2ccccc21. The molecule has 132 valence electrons. The molecule has 3 nitrogen and oxygen atoms in total. The minimum absolute atomic E-state index is 0.833. The van der Waals surface area contributed by atoms with Gasteiger partial charge in [-0.25, -0.2) is 0 Å². The molecular weight excluding hydrogens is 310 g/mol. The Morgan fingerprint density at radius 1 is 1.00 bits per heavy atom. The average molecular weight is 337 g/mol. The molecule has 2 aromatic rings. The fourth-order valence-corrected chi connectivity index (χ4v) is 3.10. The molecule has 0 heterocycles. The van der Waals surface area contributed by atoms with Crippen molar-refractivity contribution in [2.75, 3.05) is 20.6 Å². The zero-order valence-electron chi connectivity index (χ0n) is 15.3. The van der Waals surface area contributed by atoms with Crippen LogP contribution in [-0.2, 0) is 17.6 Å². The van der Waals surface area contributed by atoms with Gasteiger partial charge in [-0.3, -0.25) is 4.79 Å². The maximum absolute atomic E-state index is 9.00. The Hall–Kier alpha value is -2.39. The molecule has 2 aromatic carbocycles. The molecule has 1 aliphatic carbocycles. The first-order valence-electron chi connectivity index (χ1n) is 8.70. The predicted octanol–water partition coefficient (Wildman–Crippen LogP) is 4.26. The Balaban J connectivity index is 0.000000511. The fourth-order valence-electron chi connectivity index (χ4n) is 3.10. The minimum Gasteiger partial charge on any atom is -0.481 e. The van der Waals surface area contributed by atoms with Gasteiger partial charge >= 0.3 is 0 Å². The maximum atomic E-state index is 9.00. The second-order valence-electron chi connectivity index (χ2n) is 6.54. The van der Waals surface area contributed by atoms with Gasteiger partial charge in [-0.2, -0.15) is 0 Å². The van der Waals surface area contributed by atoms with Crippen LogP contribution < -0.4 is 0 Å². The number of carbonyl (C=O) groups is 1. The molecule has 0 saturated heterocycles. The lowest BCUT2D eigenvalue weighted by atomic mass is 9.93. The van der Waals surface area contributed by atoms with Crippen molar-refractivity contribution in [3.05, 3.63) is 76.9 Å². The number of benzene rings is 2. The van der Waals surface area contributed by atoms with Crippen LogP contribution in [0, 0.1) is 0 Å². The van der Waals surface area contributed by atoms with E-state index in [4.69, 9.17) is 9.90 Å². The van der Waals surface area contributed by atoms with E-state index in [1.165, 1.54) is 27.8 Å². The Morgan fingerprint density at radius 2 is 1.44 bits per heavy atom. The largest absolute Gasteiger partial charge is 0.481 e. The first-order chi connectivity index (χ1) is 12.0. The molecule has 1 N–H and O–H groups in total. The number of rotatable bonds is 3. The summed E-state index contributed by atoms with van der Waals surface area (Å²) in [5.41, 5.74) is 7.21. The van der Waals surface area contributed by atoms with Gasteiger partial charge in [-0.05, 0) is 61.2 Å². The lowest BCUT2D eigenvalue weighted by molar-refractivity contribution is -0.134. The van der Waals surface area contributed by atoms with Crippen LogP contribution in [0.4, 0.5) is 0 Å². The molecule has 25 heavy (non-hydrogen) atoms. The first kappa shape index (κ1) is 18.9. The molecule has 0 saturated carbocycles. The molecule has 0 aliphatic heterocycles. The van der Waals surface area contributed by atoms with E-state index in [0.717, 1.165) is 32.7 Å². The number of nitrogens with zero attached hydrogens (tertiary/aromatic N) is 1. The summed E-state index contributed by atoms with van der Waals surface area (Å²) in [6, 6.07) is 17.7. The minimum atomic E-state index is -0.833. The third-order valence-electron chi connectivity index (χ3n) is 4.20. The van der Waals surface area contributed by atoms with E-state index in [1.807, 2.05) is 0 Å². The van der Waals surface area contributed by atoms with Gasteiger partial charge < -0.3 is 10.0 Å². The summed E-state index contributed by atoms with van der Waals surface area (Å²) in [4.78, 5) is 11.2. The second-order valence-corrected chi connectivity index (χ2v) is 6.54. The molecule has 0 unspecified atom stereocenters. The highest BCUT2D eigenvalue weighted by atomic mass is 16.4. The van der Waals surface area contributed by atoms with Crippen LogP contribution >= 0.6 is 0 Å². The van der Waals surface area contributed by atoms with Crippen molar-refractivity contribution < 1.29 is 9.90 Å². The summed E-state index contributed by atoms with van der Waals surface area (Å²) in [6.45, 7) is 2.17. The number of aryl methyl sites for hydroxylation is 2. The standard InChI is InChI=1S/C20H23N.C2H4O2/c1-21(2)15-7-12-20-18-10-5-3-8-16(18)13-14-17-9-4-6-11-19(17)20;1-2(3)4/h3-6,8-12H,7,13-15H2,1-2H3;1H3,(H,3,4). The highest BCUT2D eigenvalue weighted by Gasteiger charge is 2.16. The summed E-state index contributed by atoms with van der Waals surface area (Å²) in [6.07, 6.45) is 5.78. The maximum Gasteiger partial charge on any atom is 0.300 e. The van der Waals surface area contributed by atoms with E-state index < -0.39 is 5.97 Å². The topological polar surface area (TPSA) is 40.5 Å². The van der Waals surface area contributed by atoms with Crippen molar-refractivity contribution in [2.45, 2.75) is 26.2 Å². The molecule has 0 aromatic heterocycles. The summed E-state index contributed by atoms with van der Waals surface area (Å²) in [7, 11) is 4.26. The Kier molecular flexibility index (Phi) is 6.96. The van der Waals surface area contributed by atoms with Crippen LogP contribution in [0.15, 0.2) is 54.6 Å². The molecule has 3 heteroatoms. The number of hydrogen-bond acceptors (Lipinski definition) is 2. The van der Waals surface area contributed by atoms with Gasteiger partial charge in [0, 0.05) is 13.5 Å². The summed E-state index contributed by atoms with van der Waals surface area (Å²) >= 11 is 0. The number of fused-ring (bicyclic) bond motifs is 2. The lowest BCUT2D eigenvalue weighted by Crippen LogP contribution is -2.12. The Morgan fingerprint density at radius 3 is 1.88 bits per heavy atom.